The van der Waals surface area contributed by atoms with Crippen LogP contribution in [0, 0.1) is 6.92 Å². The summed E-state index contributed by atoms with van der Waals surface area (Å²) in [4.78, 5) is 28.8. The van der Waals surface area contributed by atoms with E-state index in [0.717, 1.165) is 42.5 Å². The third kappa shape index (κ3) is 3.83. The second kappa shape index (κ2) is 8.06. The number of esters is 1. The summed E-state index contributed by atoms with van der Waals surface area (Å²) in [6.07, 6.45) is 3.84. The zero-order chi connectivity index (χ0) is 20.5. The van der Waals surface area contributed by atoms with Crippen molar-refractivity contribution in [2.75, 3.05) is 23.4 Å². The van der Waals surface area contributed by atoms with Crippen molar-refractivity contribution in [2.45, 2.75) is 52.6 Å². The Morgan fingerprint density at radius 1 is 1.31 bits per heavy atom. The molecule has 0 saturated heterocycles. The zero-order valence-corrected chi connectivity index (χ0v) is 17.9. The predicted molar refractivity (Wildman–Crippen MR) is 115 cm³/mol. The summed E-state index contributed by atoms with van der Waals surface area (Å²) >= 11 is 1.50. The molecule has 4 rings (SSSR count). The van der Waals surface area contributed by atoms with Crippen LogP contribution in [0.1, 0.15) is 53.1 Å². The number of urea groups is 1. The molecule has 1 aromatic carbocycles. The lowest BCUT2D eigenvalue weighted by Crippen LogP contribution is -2.44. The molecule has 0 bridgehead atoms. The van der Waals surface area contributed by atoms with Gasteiger partial charge in [0.1, 0.15) is 16.9 Å². The second-order valence-electron chi connectivity index (χ2n) is 7.58. The Morgan fingerprint density at radius 3 is 2.90 bits per heavy atom. The van der Waals surface area contributed by atoms with Crippen molar-refractivity contribution in [2.24, 2.45) is 0 Å². The number of carbonyl (C=O) groups excluding carboxylic acids is 2. The minimum absolute atomic E-state index is 0.114. The first-order valence-corrected chi connectivity index (χ1v) is 11.0. The number of nitrogens with zero attached hydrogens (tertiary/aromatic N) is 1. The molecule has 2 amide bonds. The lowest BCUT2D eigenvalue weighted by atomic mass is 9.95. The number of ether oxygens (including phenoxy) is 2. The molecule has 7 heteroatoms. The number of nitrogens with one attached hydrogen (secondary N) is 1. The summed E-state index contributed by atoms with van der Waals surface area (Å²) in [5.74, 6) is 0.342. The van der Waals surface area contributed by atoms with E-state index in [4.69, 9.17) is 9.47 Å². The van der Waals surface area contributed by atoms with Gasteiger partial charge < -0.3 is 9.47 Å². The summed E-state index contributed by atoms with van der Waals surface area (Å²) in [5, 5.41) is 3.60. The molecule has 2 heterocycles. The van der Waals surface area contributed by atoms with Gasteiger partial charge in [0.05, 0.1) is 24.4 Å². The van der Waals surface area contributed by atoms with Crippen LogP contribution in [0.3, 0.4) is 0 Å². The van der Waals surface area contributed by atoms with E-state index >= 15 is 0 Å². The Bertz CT molecular complexity index is 953. The van der Waals surface area contributed by atoms with Gasteiger partial charge >= 0.3 is 12.0 Å². The summed E-state index contributed by atoms with van der Waals surface area (Å²) < 4.78 is 11.2. The van der Waals surface area contributed by atoms with Crippen LogP contribution < -0.4 is 15.0 Å². The zero-order valence-electron chi connectivity index (χ0n) is 17.0. The molecule has 0 spiro atoms. The Labute approximate surface area is 174 Å². The SMILES string of the molecule is CCOC(=O)c1c(NC(=O)N2C[C@@H](C)Oc3ccc(C)cc32)sc2c1CCCC2. The van der Waals surface area contributed by atoms with Gasteiger partial charge in [0, 0.05) is 4.88 Å². The minimum atomic E-state index is -0.353. The third-order valence-corrected chi connectivity index (χ3v) is 6.50. The fraction of sp³-hybridized carbons (Fsp3) is 0.455. The van der Waals surface area contributed by atoms with Crippen molar-refractivity contribution in [1.82, 2.24) is 0 Å². The standard InChI is InChI=1S/C22H26N2O4S/c1-4-27-21(25)19-15-7-5-6-8-18(15)29-20(19)23-22(26)24-12-14(3)28-17-10-9-13(2)11-16(17)24/h9-11,14H,4-8,12H2,1-3H3,(H,23,26)/t14-/m1/s1. The first kappa shape index (κ1) is 19.8. The number of amides is 2. The van der Waals surface area contributed by atoms with Crippen LogP contribution in [0.4, 0.5) is 15.5 Å². The van der Waals surface area contributed by atoms with E-state index in [2.05, 4.69) is 5.32 Å². The largest absolute Gasteiger partial charge is 0.487 e. The molecule has 1 N–H and O–H groups in total. The van der Waals surface area contributed by atoms with Crippen LogP contribution in [0.5, 0.6) is 5.75 Å². The van der Waals surface area contributed by atoms with E-state index in [1.807, 2.05) is 32.0 Å². The highest BCUT2D eigenvalue weighted by molar-refractivity contribution is 7.17. The van der Waals surface area contributed by atoms with Crippen molar-refractivity contribution >= 4 is 34.0 Å². The highest BCUT2D eigenvalue weighted by Gasteiger charge is 2.31. The first-order chi connectivity index (χ1) is 14.0. The molecule has 1 aromatic heterocycles. The Balaban J connectivity index is 1.66. The molecule has 29 heavy (non-hydrogen) atoms. The fourth-order valence-electron chi connectivity index (χ4n) is 3.98. The van der Waals surface area contributed by atoms with Gasteiger partial charge in [-0.25, -0.2) is 9.59 Å². The van der Waals surface area contributed by atoms with Crippen molar-refractivity contribution in [3.05, 3.63) is 39.8 Å². The van der Waals surface area contributed by atoms with Gasteiger partial charge in [0.2, 0.25) is 0 Å². The monoisotopic (exact) mass is 414 g/mol. The van der Waals surface area contributed by atoms with Crippen LogP contribution in [0.25, 0.3) is 0 Å². The topological polar surface area (TPSA) is 67.9 Å². The van der Waals surface area contributed by atoms with Crippen LogP contribution in [-0.2, 0) is 17.6 Å². The Hall–Kier alpha value is -2.54. The van der Waals surface area contributed by atoms with E-state index in [-0.39, 0.29) is 18.1 Å². The molecule has 1 aliphatic heterocycles. The molecule has 0 radical (unpaired) electrons. The van der Waals surface area contributed by atoms with Crippen LogP contribution >= 0.6 is 11.3 Å². The molecule has 2 aliphatic rings. The van der Waals surface area contributed by atoms with Gasteiger partial charge in [-0.2, -0.15) is 0 Å². The molecular weight excluding hydrogens is 388 g/mol. The summed E-state index contributed by atoms with van der Waals surface area (Å²) in [7, 11) is 0. The molecule has 0 unspecified atom stereocenters. The minimum Gasteiger partial charge on any atom is -0.487 e. The van der Waals surface area contributed by atoms with Crippen molar-refractivity contribution < 1.29 is 19.1 Å². The molecular formula is C22H26N2O4S. The maximum atomic E-state index is 13.2. The number of hydrogen-bond acceptors (Lipinski definition) is 5. The number of thiophene rings is 1. The summed E-state index contributed by atoms with van der Waals surface area (Å²) in [6, 6.07) is 5.57. The summed E-state index contributed by atoms with van der Waals surface area (Å²) in [5.41, 5.74) is 3.38. The number of rotatable bonds is 3. The lowest BCUT2D eigenvalue weighted by molar-refractivity contribution is 0.0526. The molecule has 1 atom stereocenters. The van der Waals surface area contributed by atoms with Crippen LogP contribution in [0.2, 0.25) is 0 Å². The molecule has 2 aromatic rings. The van der Waals surface area contributed by atoms with Crippen LogP contribution in [0.15, 0.2) is 18.2 Å². The lowest BCUT2D eigenvalue weighted by Gasteiger charge is -2.33. The highest BCUT2D eigenvalue weighted by atomic mass is 32.1. The van der Waals surface area contributed by atoms with Gasteiger partial charge in [-0.3, -0.25) is 10.2 Å². The number of carbonyl (C=O) groups is 2. The first-order valence-electron chi connectivity index (χ1n) is 10.2. The van der Waals surface area contributed by atoms with Crippen molar-refractivity contribution in [1.29, 1.82) is 0 Å². The maximum Gasteiger partial charge on any atom is 0.341 e. The van der Waals surface area contributed by atoms with Gasteiger partial charge in [0.25, 0.3) is 0 Å². The fourth-order valence-corrected chi connectivity index (χ4v) is 5.24. The third-order valence-electron chi connectivity index (χ3n) is 5.29. The van der Waals surface area contributed by atoms with E-state index in [0.29, 0.717) is 29.5 Å². The van der Waals surface area contributed by atoms with Gasteiger partial charge in [-0.1, -0.05) is 6.07 Å². The van der Waals surface area contributed by atoms with Crippen molar-refractivity contribution in [3.8, 4) is 5.75 Å². The number of aryl methyl sites for hydroxylation is 2. The predicted octanol–water partition coefficient (Wildman–Crippen LogP) is 4.93. The average Bonchev–Trinajstić information content (AvgIpc) is 3.05. The maximum absolute atomic E-state index is 13.2. The molecule has 6 nitrogen and oxygen atoms in total. The van der Waals surface area contributed by atoms with Crippen LogP contribution in [-0.4, -0.2) is 31.3 Å². The average molecular weight is 415 g/mol. The van der Waals surface area contributed by atoms with E-state index < -0.39 is 0 Å². The van der Waals surface area contributed by atoms with Gasteiger partial charge in [-0.15, -0.1) is 11.3 Å². The number of fused-ring (bicyclic) bond motifs is 2. The molecule has 0 fully saturated rings. The number of benzene rings is 1. The molecule has 1 aliphatic carbocycles. The Kier molecular flexibility index (Phi) is 5.50. The smallest absolute Gasteiger partial charge is 0.341 e. The van der Waals surface area contributed by atoms with Gasteiger partial charge in [-0.05, 0) is 69.7 Å². The number of hydrogen-bond donors (Lipinski definition) is 1. The van der Waals surface area contributed by atoms with E-state index in [1.165, 1.54) is 16.2 Å². The summed E-state index contributed by atoms with van der Waals surface area (Å²) in [6.45, 7) is 6.48. The highest BCUT2D eigenvalue weighted by Crippen LogP contribution is 2.40. The second-order valence-corrected chi connectivity index (χ2v) is 8.68. The normalized spacial score (nSPS) is 17.8. The van der Waals surface area contributed by atoms with E-state index in [1.54, 1.807) is 11.8 Å². The van der Waals surface area contributed by atoms with Crippen molar-refractivity contribution in [3.63, 3.8) is 0 Å². The Morgan fingerprint density at radius 2 is 2.10 bits per heavy atom. The van der Waals surface area contributed by atoms with E-state index in [9.17, 15) is 9.59 Å². The number of anilines is 2. The molecule has 0 saturated carbocycles. The molecule has 154 valence electrons. The quantitative estimate of drug-likeness (QED) is 0.723. The van der Waals surface area contributed by atoms with Gasteiger partial charge in [0.15, 0.2) is 0 Å².